The number of carboxylic acids is 1. The van der Waals surface area contributed by atoms with Crippen LogP contribution in [0.25, 0.3) is 0 Å². The minimum Gasteiger partial charge on any atom is -0.478 e. The maximum Gasteiger partial charge on any atom is 0.337 e. The first-order valence-electron chi connectivity index (χ1n) is 4.97. The predicted molar refractivity (Wildman–Crippen MR) is 73.6 cm³/mol. The van der Waals surface area contributed by atoms with E-state index < -0.39 is 5.97 Å². The molecule has 2 aromatic rings. The van der Waals surface area contributed by atoms with E-state index in [1.54, 1.807) is 18.2 Å². The molecule has 0 spiro atoms. The molecule has 2 N–H and O–H groups in total. The Balaban J connectivity index is 2.23. The van der Waals surface area contributed by atoms with Crippen molar-refractivity contribution in [3.8, 4) is 0 Å². The molecule has 1 heterocycles. The number of aromatic nitrogens is 1. The minimum atomic E-state index is -1.00. The average Bonchev–Trinajstić information content (AvgIpc) is 2.34. The zero-order chi connectivity index (χ0) is 13.1. The van der Waals surface area contributed by atoms with Gasteiger partial charge in [0.1, 0.15) is 5.82 Å². The van der Waals surface area contributed by atoms with Gasteiger partial charge in [-0.05, 0) is 46.3 Å². The topological polar surface area (TPSA) is 62.2 Å². The lowest BCUT2D eigenvalue weighted by Crippen LogP contribution is -1.99. The molecule has 92 valence electrons. The SMILES string of the molecule is O=C(O)c1ccc(Nc2cc(Cl)ccc2Br)nc1. The summed E-state index contributed by atoms with van der Waals surface area (Å²) in [5.74, 6) is -0.457. The molecule has 18 heavy (non-hydrogen) atoms. The molecule has 0 atom stereocenters. The standard InChI is InChI=1S/C12H8BrClN2O2/c13-9-3-2-8(14)5-10(9)16-11-4-1-7(6-15-11)12(17)18/h1-6H,(H,15,16)(H,17,18). The van der Waals surface area contributed by atoms with Crippen molar-refractivity contribution in [3.05, 3.63) is 51.6 Å². The Morgan fingerprint density at radius 1 is 1.33 bits per heavy atom. The normalized spacial score (nSPS) is 10.1. The van der Waals surface area contributed by atoms with Gasteiger partial charge in [0, 0.05) is 15.7 Å². The van der Waals surface area contributed by atoms with Crippen LogP contribution in [0.15, 0.2) is 41.0 Å². The molecule has 0 aliphatic rings. The van der Waals surface area contributed by atoms with Crippen LogP contribution in [0, 0.1) is 0 Å². The summed E-state index contributed by atoms with van der Waals surface area (Å²) in [6.07, 6.45) is 1.29. The number of rotatable bonds is 3. The van der Waals surface area contributed by atoms with Crippen molar-refractivity contribution in [1.29, 1.82) is 0 Å². The van der Waals surface area contributed by atoms with Crippen LogP contribution in [0.1, 0.15) is 10.4 Å². The number of carbonyl (C=O) groups is 1. The van der Waals surface area contributed by atoms with E-state index in [1.807, 2.05) is 6.07 Å². The van der Waals surface area contributed by atoms with Crippen molar-refractivity contribution in [2.45, 2.75) is 0 Å². The fourth-order valence-corrected chi connectivity index (χ4v) is 1.84. The average molecular weight is 328 g/mol. The van der Waals surface area contributed by atoms with Crippen LogP contribution >= 0.6 is 27.5 Å². The molecule has 4 nitrogen and oxygen atoms in total. The van der Waals surface area contributed by atoms with Gasteiger partial charge in [-0.3, -0.25) is 0 Å². The van der Waals surface area contributed by atoms with E-state index in [9.17, 15) is 4.79 Å². The molecule has 0 aliphatic carbocycles. The van der Waals surface area contributed by atoms with Crippen LogP contribution in [0.4, 0.5) is 11.5 Å². The summed E-state index contributed by atoms with van der Waals surface area (Å²) in [6.45, 7) is 0. The van der Waals surface area contributed by atoms with Gasteiger partial charge >= 0.3 is 5.97 Å². The number of anilines is 2. The summed E-state index contributed by atoms with van der Waals surface area (Å²) in [4.78, 5) is 14.7. The van der Waals surface area contributed by atoms with Crippen LogP contribution in [-0.4, -0.2) is 16.1 Å². The molecule has 0 saturated carbocycles. The molecule has 0 fully saturated rings. The Kier molecular flexibility index (Phi) is 3.84. The second-order valence-electron chi connectivity index (χ2n) is 3.49. The zero-order valence-corrected chi connectivity index (χ0v) is 11.4. The Bertz CT molecular complexity index is 587. The highest BCUT2D eigenvalue weighted by Gasteiger charge is 2.05. The van der Waals surface area contributed by atoms with Crippen LogP contribution in [0.3, 0.4) is 0 Å². The molecule has 6 heteroatoms. The fourth-order valence-electron chi connectivity index (χ4n) is 1.33. The van der Waals surface area contributed by atoms with E-state index in [-0.39, 0.29) is 5.56 Å². The van der Waals surface area contributed by atoms with Gasteiger partial charge in [-0.1, -0.05) is 11.6 Å². The van der Waals surface area contributed by atoms with E-state index >= 15 is 0 Å². The van der Waals surface area contributed by atoms with Crippen molar-refractivity contribution in [3.63, 3.8) is 0 Å². The second-order valence-corrected chi connectivity index (χ2v) is 4.78. The molecule has 0 amide bonds. The maximum atomic E-state index is 10.7. The molecule has 0 radical (unpaired) electrons. The van der Waals surface area contributed by atoms with Crippen molar-refractivity contribution in [2.75, 3.05) is 5.32 Å². The van der Waals surface area contributed by atoms with Crippen molar-refractivity contribution < 1.29 is 9.90 Å². The van der Waals surface area contributed by atoms with E-state index in [0.29, 0.717) is 10.8 Å². The molecule has 2 rings (SSSR count). The first-order chi connectivity index (χ1) is 8.56. The molecule has 1 aromatic carbocycles. The predicted octanol–water partition coefficient (Wildman–Crippen LogP) is 3.94. The van der Waals surface area contributed by atoms with E-state index in [2.05, 4.69) is 26.2 Å². The highest BCUT2D eigenvalue weighted by Crippen LogP contribution is 2.28. The van der Waals surface area contributed by atoms with Crippen LogP contribution < -0.4 is 5.32 Å². The van der Waals surface area contributed by atoms with Crippen LogP contribution in [0.2, 0.25) is 5.02 Å². The number of pyridine rings is 1. The van der Waals surface area contributed by atoms with Crippen molar-refractivity contribution in [1.82, 2.24) is 4.98 Å². The Morgan fingerprint density at radius 3 is 2.72 bits per heavy atom. The molecular formula is C12H8BrClN2O2. The van der Waals surface area contributed by atoms with Gasteiger partial charge in [-0.15, -0.1) is 0 Å². The monoisotopic (exact) mass is 326 g/mol. The van der Waals surface area contributed by atoms with Gasteiger partial charge in [0.15, 0.2) is 0 Å². The Hall–Kier alpha value is -1.59. The lowest BCUT2D eigenvalue weighted by molar-refractivity contribution is 0.0696. The quantitative estimate of drug-likeness (QED) is 0.896. The van der Waals surface area contributed by atoms with Gasteiger partial charge in [0.2, 0.25) is 0 Å². The third-order valence-corrected chi connectivity index (χ3v) is 3.13. The number of nitrogens with zero attached hydrogens (tertiary/aromatic N) is 1. The number of hydrogen-bond donors (Lipinski definition) is 2. The number of carboxylic acid groups (broad SMARTS) is 1. The van der Waals surface area contributed by atoms with Crippen LogP contribution in [0.5, 0.6) is 0 Å². The first kappa shape index (κ1) is 12.9. The highest BCUT2D eigenvalue weighted by molar-refractivity contribution is 9.10. The molecule has 0 bridgehead atoms. The molecule has 0 aliphatic heterocycles. The fraction of sp³-hybridized carbons (Fsp3) is 0. The van der Waals surface area contributed by atoms with Crippen molar-refractivity contribution in [2.24, 2.45) is 0 Å². The molecular weight excluding hydrogens is 320 g/mol. The molecule has 1 aromatic heterocycles. The van der Waals surface area contributed by atoms with Crippen LogP contribution in [-0.2, 0) is 0 Å². The van der Waals surface area contributed by atoms with E-state index in [0.717, 1.165) is 10.2 Å². The van der Waals surface area contributed by atoms with Gasteiger partial charge in [-0.25, -0.2) is 9.78 Å². The maximum absolute atomic E-state index is 10.7. The van der Waals surface area contributed by atoms with E-state index in [4.69, 9.17) is 16.7 Å². The summed E-state index contributed by atoms with van der Waals surface area (Å²) >= 11 is 9.27. The summed E-state index contributed by atoms with van der Waals surface area (Å²) in [6, 6.07) is 8.40. The molecule has 0 saturated heterocycles. The Labute approximate surface area is 117 Å². The zero-order valence-electron chi connectivity index (χ0n) is 9.02. The van der Waals surface area contributed by atoms with E-state index in [1.165, 1.54) is 12.3 Å². The third kappa shape index (κ3) is 3.00. The van der Waals surface area contributed by atoms with Crippen molar-refractivity contribution >= 4 is 45.0 Å². The number of benzene rings is 1. The van der Waals surface area contributed by atoms with Gasteiger partial charge in [-0.2, -0.15) is 0 Å². The summed E-state index contributed by atoms with van der Waals surface area (Å²) < 4.78 is 0.844. The number of hydrogen-bond acceptors (Lipinski definition) is 3. The lowest BCUT2D eigenvalue weighted by atomic mass is 10.3. The molecule has 0 unspecified atom stereocenters. The van der Waals surface area contributed by atoms with Gasteiger partial charge in [0.05, 0.1) is 11.3 Å². The summed E-state index contributed by atoms with van der Waals surface area (Å²) in [7, 11) is 0. The lowest BCUT2D eigenvalue weighted by Gasteiger charge is -2.08. The van der Waals surface area contributed by atoms with Gasteiger partial charge in [0.25, 0.3) is 0 Å². The summed E-state index contributed by atoms with van der Waals surface area (Å²) in [5.41, 5.74) is 0.906. The number of nitrogens with one attached hydrogen (secondary N) is 1. The largest absolute Gasteiger partial charge is 0.478 e. The Morgan fingerprint density at radius 2 is 2.11 bits per heavy atom. The smallest absolute Gasteiger partial charge is 0.337 e. The first-order valence-corrected chi connectivity index (χ1v) is 6.15. The summed E-state index contributed by atoms with van der Waals surface area (Å²) in [5, 5.41) is 12.4. The van der Waals surface area contributed by atoms with Gasteiger partial charge < -0.3 is 10.4 Å². The second kappa shape index (κ2) is 5.37. The number of halogens is 2. The minimum absolute atomic E-state index is 0.144. The third-order valence-electron chi connectivity index (χ3n) is 2.20. The number of aromatic carboxylic acids is 1. The highest BCUT2D eigenvalue weighted by atomic mass is 79.9.